The summed E-state index contributed by atoms with van der Waals surface area (Å²) in [4.78, 5) is 6.15. The van der Waals surface area contributed by atoms with Crippen LogP contribution in [0.3, 0.4) is 0 Å². The van der Waals surface area contributed by atoms with Crippen LogP contribution in [0.1, 0.15) is 61.2 Å². The largest absolute Gasteiger partial charge is 0.306 e. The first-order chi connectivity index (χ1) is 7.74. The molecule has 90 valence electrons. The quantitative estimate of drug-likeness (QED) is 0.867. The van der Waals surface area contributed by atoms with Gasteiger partial charge in [0, 0.05) is 17.0 Å². The van der Waals surface area contributed by atoms with Gasteiger partial charge in [0.1, 0.15) is 0 Å². The molecule has 2 nitrogen and oxygen atoms in total. The van der Waals surface area contributed by atoms with Crippen molar-refractivity contribution < 1.29 is 0 Å². The number of hydrogen-bond donors (Lipinski definition) is 1. The number of nitrogens with zero attached hydrogens (tertiary/aromatic N) is 1. The van der Waals surface area contributed by atoms with Crippen LogP contribution in [0.15, 0.2) is 0 Å². The SMILES string of the molecule is CCC(CC)NC1CCCc2nc(C)sc21. The number of nitrogens with one attached hydrogen (secondary N) is 1. The molecular weight excluding hydrogens is 216 g/mol. The van der Waals surface area contributed by atoms with E-state index in [1.807, 2.05) is 11.3 Å². The third-order valence-corrected chi connectivity index (χ3v) is 4.61. The molecule has 1 heterocycles. The predicted octanol–water partition coefficient (Wildman–Crippen LogP) is 3.61. The number of hydrogen-bond acceptors (Lipinski definition) is 3. The molecular formula is C13H22N2S. The van der Waals surface area contributed by atoms with Gasteiger partial charge in [0.05, 0.1) is 10.7 Å². The second kappa shape index (κ2) is 5.28. The Morgan fingerprint density at radius 3 is 2.88 bits per heavy atom. The Kier molecular flexibility index (Phi) is 3.98. The fourth-order valence-corrected chi connectivity index (χ4v) is 3.58. The van der Waals surface area contributed by atoms with Gasteiger partial charge in [-0.1, -0.05) is 13.8 Å². The molecule has 2 rings (SSSR count). The van der Waals surface area contributed by atoms with E-state index in [9.17, 15) is 0 Å². The van der Waals surface area contributed by atoms with Gasteiger partial charge in [0.15, 0.2) is 0 Å². The van der Waals surface area contributed by atoms with E-state index in [-0.39, 0.29) is 0 Å². The maximum Gasteiger partial charge on any atom is 0.0900 e. The van der Waals surface area contributed by atoms with Crippen molar-refractivity contribution >= 4 is 11.3 Å². The molecule has 1 aromatic heterocycles. The van der Waals surface area contributed by atoms with Crippen LogP contribution in [-0.4, -0.2) is 11.0 Å². The van der Waals surface area contributed by atoms with Crippen LogP contribution in [0, 0.1) is 6.92 Å². The Hall–Kier alpha value is -0.410. The van der Waals surface area contributed by atoms with Gasteiger partial charge >= 0.3 is 0 Å². The van der Waals surface area contributed by atoms with E-state index < -0.39 is 0 Å². The van der Waals surface area contributed by atoms with Crippen LogP contribution in [-0.2, 0) is 6.42 Å². The Morgan fingerprint density at radius 2 is 2.19 bits per heavy atom. The molecule has 0 amide bonds. The Labute approximate surface area is 102 Å². The minimum absolute atomic E-state index is 0.569. The van der Waals surface area contributed by atoms with E-state index in [4.69, 9.17) is 0 Å². The summed E-state index contributed by atoms with van der Waals surface area (Å²) >= 11 is 1.89. The summed E-state index contributed by atoms with van der Waals surface area (Å²) in [6.45, 7) is 6.66. The molecule has 0 saturated heterocycles. The van der Waals surface area contributed by atoms with Crippen LogP contribution in [0.5, 0.6) is 0 Å². The summed E-state index contributed by atoms with van der Waals surface area (Å²) in [5, 5.41) is 5.02. The van der Waals surface area contributed by atoms with E-state index in [1.54, 1.807) is 0 Å². The smallest absolute Gasteiger partial charge is 0.0900 e. The third-order valence-electron chi connectivity index (χ3n) is 3.48. The summed E-state index contributed by atoms with van der Waals surface area (Å²) in [6.07, 6.45) is 6.19. The molecule has 1 aliphatic rings. The van der Waals surface area contributed by atoms with Gasteiger partial charge in [-0.2, -0.15) is 0 Å². The molecule has 1 aliphatic carbocycles. The van der Waals surface area contributed by atoms with Gasteiger partial charge in [-0.3, -0.25) is 0 Å². The standard InChI is InChI=1S/C13H22N2S/c1-4-10(5-2)15-12-8-6-7-11-13(12)16-9(3)14-11/h10,12,15H,4-8H2,1-3H3. The van der Waals surface area contributed by atoms with E-state index in [1.165, 1.54) is 47.7 Å². The van der Waals surface area contributed by atoms with Gasteiger partial charge in [0.2, 0.25) is 0 Å². The van der Waals surface area contributed by atoms with Crippen molar-refractivity contribution in [3.63, 3.8) is 0 Å². The van der Waals surface area contributed by atoms with Gasteiger partial charge in [-0.15, -0.1) is 11.3 Å². The Balaban J connectivity index is 2.12. The predicted molar refractivity (Wildman–Crippen MR) is 70.0 cm³/mol. The highest BCUT2D eigenvalue weighted by Gasteiger charge is 2.24. The zero-order valence-corrected chi connectivity index (χ0v) is 11.4. The highest BCUT2D eigenvalue weighted by Crippen LogP contribution is 2.34. The van der Waals surface area contributed by atoms with E-state index in [0.717, 1.165) is 0 Å². The number of rotatable bonds is 4. The number of aromatic nitrogens is 1. The number of aryl methyl sites for hydroxylation is 2. The molecule has 0 aliphatic heterocycles. The van der Waals surface area contributed by atoms with Crippen LogP contribution < -0.4 is 5.32 Å². The van der Waals surface area contributed by atoms with Crippen molar-refractivity contribution in [1.29, 1.82) is 0 Å². The summed E-state index contributed by atoms with van der Waals surface area (Å²) in [7, 11) is 0. The van der Waals surface area contributed by atoms with Crippen LogP contribution in [0.2, 0.25) is 0 Å². The molecule has 0 fully saturated rings. The average Bonchev–Trinajstić information content (AvgIpc) is 2.67. The zero-order chi connectivity index (χ0) is 11.5. The lowest BCUT2D eigenvalue weighted by atomic mass is 9.96. The first-order valence-electron chi connectivity index (χ1n) is 6.46. The fourth-order valence-electron chi connectivity index (χ4n) is 2.51. The second-order valence-electron chi connectivity index (χ2n) is 4.67. The lowest BCUT2D eigenvalue weighted by Crippen LogP contribution is -2.33. The third kappa shape index (κ3) is 2.46. The first-order valence-corrected chi connectivity index (χ1v) is 7.28. The molecule has 1 unspecified atom stereocenters. The van der Waals surface area contributed by atoms with E-state index in [2.05, 4.69) is 31.1 Å². The van der Waals surface area contributed by atoms with Crippen LogP contribution in [0.25, 0.3) is 0 Å². The molecule has 3 heteroatoms. The minimum atomic E-state index is 0.569. The maximum atomic E-state index is 4.64. The summed E-state index contributed by atoms with van der Waals surface area (Å²) in [5.74, 6) is 0. The monoisotopic (exact) mass is 238 g/mol. The second-order valence-corrected chi connectivity index (χ2v) is 5.90. The summed E-state index contributed by atoms with van der Waals surface area (Å²) in [5.41, 5.74) is 1.36. The van der Waals surface area contributed by atoms with Crippen LogP contribution in [0.4, 0.5) is 0 Å². The Morgan fingerprint density at radius 1 is 1.44 bits per heavy atom. The number of fused-ring (bicyclic) bond motifs is 1. The lowest BCUT2D eigenvalue weighted by molar-refractivity contribution is 0.382. The molecule has 1 atom stereocenters. The fraction of sp³-hybridized carbons (Fsp3) is 0.769. The normalized spacial score (nSPS) is 20.1. The van der Waals surface area contributed by atoms with Crippen molar-refractivity contribution in [3.05, 3.63) is 15.6 Å². The van der Waals surface area contributed by atoms with Crippen molar-refractivity contribution in [1.82, 2.24) is 10.3 Å². The van der Waals surface area contributed by atoms with Gasteiger partial charge in [-0.05, 0) is 39.0 Å². The molecule has 0 radical (unpaired) electrons. The zero-order valence-electron chi connectivity index (χ0n) is 10.5. The lowest BCUT2D eigenvalue weighted by Gasteiger charge is -2.27. The highest BCUT2D eigenvalue weighted by molar-refractivity contribution is 7.11. The molecule has 0 saturated carbocycles. The highest BCUT2D eigenvalue weighted by atomic mass is 32.1. The molecule has 0 spiro atoms. The topological polar surface area (TPSA) is 24.9 Å². The number of thiazole rings is 1. The van der Waals surface area contributed by atoms with E-state index >= 15 is 0 Å². The first kappa shape index (κ1) is 12.1. The van der Waals surface area contributed by atoms with Crippen molar-refractivity contribution in [2.75, 3.05) is 0 Å². The molecule has 0 aromatic carbocycles. The summed E-state index contributed by atoms with van der Waals surface area (Å²) < 4.78 is 0. The van der Waals surface area contributed by atoms with Crippen molar-refractivity contribution in [2.45, 2.75) is 65.0 Å². The van der Waals surface area contributed by atoms with Gasteiger partial charge < -0.3 is 5.32 Å². The molecule has 0 bridgehead atoms. The molecule has 1 aromatic rings. The van der Waals surface area contributed by atoms with Crippen molar-refractivity contribution in [3.8, 4) is 0 Å². The average molecular weight is 238 g/mol. The maximum absolute atomic E-state index is 4.64. The van der Waals surface area contributed by atoms with Gasteiger partial charge in [0.25, 0.3) is 0 Å². The Bertz CT molecular complexity index is 342. The molecule has 16 heavy (non-hydrogen) atoms. The van der Waals surface area contributed by atoms with Crippen molar-refractivity contribution in [2.24, 2.45) is 0 Å². The molecule has 1 N–H and O–H groups in total. The van der Waals surface area contributed by atoms with Gasteiger partial charge in [-0.25, -0.2) is 4.98 Å². The minimum Gasteiger partial charge on any atom is -0.306 e. The summed E-state index contributed by atoms with van der Waals surface area (Å²) in [6, 6.07) is 1.23. The van der Waals surface area contributed by atoms with Crippen LogP contribution >= 0.6 is 11.3 Å². The van der Waals surface area contributed by atoms with E-state index in [0.29, 0.717) is 12.1 Å².